The Bertz CT molecular complexity index is 1090. The van der Waals surface area contributed by atoms with Gasteiger partial charge in [-0.15, -0.1) is 0 Å². The molecular weight excluding hydrogens is 350 g/mol. The molecule has 0 aliphatic heterocycles. The zero-order valence-electron chi connectivity index (χ0n) is 15.4. The van der Waals surface area contributed by atoms with E-state index in [1.807, 2.05) is 48.5 Å². The molecule has 0 saturated carbocycles. The molecule has 28 heavy (non-hydrogen) atoms. The van der Waals surface area contributed by atoms with Crippen molar-refractivity contribution < 1.29 is 9.53 Å². The standard InChI is InChI=1S/C23H21N3O2/c24-23(27)19-7-4-8-20-22(19)26-21(25-20)14-11-16-9-12-18(13-10-16)28-15-17-5-2-1-3-6-17/h1-10,12-13H,11,14-15H2,(H2,24,27)(H,25,26). The first-order valence-corrected chi connectivity index (χ1v) is 9.22. The van der Waals surface area contributed by atoms with E-state index in [4.69, 9.17) is 10.5 Å². The number of hydrogen-bond donors (Lipinski definition) is 2. The van der Waals surface area contributed by atoms with Crippen LogP contribution in [-0.4, -0.2) is 15.9 Å². The highest BCUT2D eigenvalue weighted by molar-refractivity contribution is 6.04. The van der Waals surface area contributed by atoms with Crippen LogP contribution < -0.4 is 10.5 Å². The second-order valence-corrected chi connectivity index (χ2v) is 6.67. The van der Waals surface area contributed by atoms with Crippen molar-refractivity contribution in [2.75, 3.05) is 0 Å². The number of nitrogens with one attached hydrogen (secondary N) is 1. The molecule has 4 rings (SSSR count). The number of amides is 1. The highest BCUT2D eigenvalue weighted by Crippen LogP contribution is 2.18. The number of H-pyrrole nitrogens is 1. The lowest BCUT2D eigenvalue weighted by molar-refractivity contribution is 0.100. The molecule has 0 unspecified atom stereocenters. The summed E-state index contributed by atoms with van der Waals surface area (Å²) in [5.74, 6) is 1.23. The summed E-state index contributed by atoms with van der Waals surface area (Å²) >= 11 is 0. The summed E-state index contributed by atoms with van der Waals surface area (Å²) < 4.78 is 5.82. The first-order valence-electron chi connectivity index (χ1n) is 9.22. The monoisotopic (exact) mass is 371 g/mol. The molecule has 1 aromatic heterocycles. The lowest BCUT2D eigenvalue weighted by Crippen LogP contribution is -2.11. The predicted octanol–water partition coefficient (Wildman–Crippen LogP) is 4.03. The van der Waals surface area contributed by atoms with Crippen molar-refractivity contribution in [3.8, 4) is 5.75 Å². The van der Waals surface area contributed by atoms with Crippen molar-refractivity contribution in [1.82, 2.24) is 9.97 Å². The fraction of sp³-hybridized carbons (Fsp3) is 0.130. The third kappa shape index (κ3) is 4.04. The van der Waals surface area contributed by atoms with Gasteiger partial charge >= 0.3 is 0 Å². The number of aromatic amines is 1. The molecule has 5 heteroatoms. The Morgan fingerprint density at radius 3 is 2.43 bits per heavy atom. The van der Waals surface area contributed by atoms with E-state index in [0.717, 1.165) is 35.5 Å². The Labute approximate surface area is 163 Å². The number of carbonyl (C=O) groups excluding carboxylic acids is 1. The summed E-state index contributed by atoms with van der Waals surface area (Å²) in [6, 6.07) is 23.6. The van der Waals surface area contributed by atoms with Crippen LogP contribution in [0.15, 0.2) is 72.8 Å². The van der Waals surface area contributed by atoms with E-state index in [2.05, 4.69) is 22.1 Å². The number of imidazole rings is 1. The Balaban J connectivity index is 1.38. The van der Waals surface area contributed by atoms with Crippen LogP contribution in [0, 0.1) is 0 Å². The van der Waals surface area contributed by atoms with Gasteiger partial charge in [-0.1, -0.05) is 48.5 Å². The minimum atomic E-state index is -0.463. The molecule has 3 aromatic carbocycles. The van der Waals surface area contributed by atoms with Gasteiger partial charge in [0.1, 0.15) is 23.7 Å². The van der Waals surface area contributed by atoms with Crippen molar-refractivity contribution in [3.63, 3.8) is 0 Å². The fourth-order valence-electron chi connectivity index (χ4n) is 3.16. The Morgan fingerprint density at radius 1 is 0.893 bits per heavy atom. The summed E-state index contributed by atoms with van der Waals surface area (Å²) in [6.07, 6.45) is 1.59. The number of nitrogens with two attached hydrogens (primary N) is 1. The maximum atomic E-state index is 11.5. The number of ether oxygens (including phenoxy) is 1. The van der Waals surface area contributed by atoms with E-state index in [-0.39, 0.29) is 0 Å². The SMILES string of the molecule is NC(=O)c1cccc2[nH]c(CCc3ccc(OCc4ccccc4)cc3)nc12. The first kappa shape index (κ1) is 17.8. The molecule has 0 bridgehead atoms. The molecule has 0 saturated heterocycles. The minimum Gasteiger partial charge on any atom is -0.489 e. The zero-order valence-corrected chi connectivity index (χ0v) is 15.4. The van der Waals surface area contributed by atoms with E-state index < -0.39 is 5.91 Å². The van der Waals surface area contributed by atoms with Crippen LogP contribution in [0.3, 0.4) is 0 Å². The summed E-state index contributed by atoms with van der Waals surface area (Å²) in [6.45, 7) is 0.557. The largest absolute Gasteiger partial charge is 0.489 e. The fourth-order valence-corrected chi connectivity index (χ4v) is 3.16. The normalized spacial score (nSPS) is 10.9. The second-order valence-electron chi connectivity index (χ2n) is 6.67. The number of para-hydroxylation sites is 1. The predicted molar refractivity (Wildman–Crippen MR) is 109 cm³/mol. The molecule has 1 amide bonds. The molecule has 0 radical (unpaired) electrons. The maximum absolute atomic E-state index is 11.5. The van der Waals surface area contributed by atoms with Crippen LogP contribution in [0.2, 0.25) is 0 Å². The molecule has 140 valence electrons. The third-order valence-corrected chi connectivity index (χ3v) is 4.65. The van der Waals surface area contributed by atoms with Gasteiger partial charge in [0.15, 0.2) is 0 Å². The average molecular weight is 371 g/mol. The van der Waals surface area contributed by atoms with Gasteiger partial charge in [-0.25, -0.2) is 4.98 Å². The number of carbonyl (C=O) groups is 1. The van der Waals surface area contributed by atoms with Crippen LogP contribution in [0.25, 0.3) is 11.0 Å². The summed E-state index contributed by atoms with van der Waals surface area (Å²) in [5, 5.41) is 0. The molecule has 0 aliphatic carbocycles. The molecule has 5 nitrogen and oxygen atoms in total. The van der Waals surface area contributed by atoms with Gasteiger partial charge in [0, 0.05) is 6.42 Å². The Kier molecular flexibility index (Phi) is 5.06. The topological polar surface area (TPSA) is 81.0 Å². The highest BCUT2D eigenvalue weighted by Gasteiger charge is 2.11. The number of hydrogen-bond acceptors (Lipinski definition) is 3. The number of aryl methyl sites for hydroxylation is 2. The molecular formula is C23H21N3O2. The molecule has 3 N–H and O–H groups in total. The van der Waals surface area contributed by atoms with Crippen LogP contribution in [-0.2, 0) is 19.4 Å². The molecule has 0 atom stereocenters. The lowest BCUT2D eigenvalue weighted by Gasteiger charge is -2.07. The number of nitrogens with zero attached hydrogens (tertiary/aromatic N) is 1. The number of benzene rings is 3. The molecule has 0 fully saturated rings. The van der Waals surface area contributed by atoms with Crippen LogP contribution in [0.1, 0.15) is 27.3 Å². The highest BCUT2D eigenvalue weighted by atomic mass is 16.5. The van der Waals surface area contributed by atoms with Gasteiger partial charge in [-0.05, 0) is 41.8 Å². The zero-order chi connectivity index (χ0) is 19.3. The molecule has 4 aromatic rings. The van der Waals surface area contributed by atoms with E-state index >= 15 is 0 Å². The van der Waals surface area contributed by atoms with E-state index in [1.54, 1.807) is 12.1 Å². The van der Waals surface area contributed by atoms with E-state index in [0.29, 0.717) is 17.7 Å². The van der Waals surface area contributed by atoms with Gasteiger partial charge in [-0.2, -0.15) is 0 Å². The third-order valence-electron chi connectivity index (χ3n) is 4.65. The number of aromatic nitrogens is 2. The first-order chi connectivity index (χ1) is 13.7. The van der Waals surface area contributed by atoms with Gasteiger partial charge in [-0.3, -0.25) is 4.79 Å². The second kappa shape index (κ2) is 7.96. The number of primary amides is 1. The molecule has 0 aliphatic rings. The van der Waals surface area contributed by atoms with E-state index in [1.165, 1.54) is 5.56 Å². The van der Waals surface area contributed by atoms with Gasteiger partial charge in [0.25, 0.3) is 5.91 Å². The van der Waals surface area contributed by atoms with Crippen molar-refractivity contribution in [1.29, 1.82) is 0 Å². The van der Waals surface area contributed by atoms with Crippen molar-refractivity contribution >= 4 is 16.9 Å². The van der Waals surface area contributed by atoms with Gasteiger partial charge in [0.2, 0.25) is 0 Å². The lowest BCUT2D eigenvalue weighted by atomic mass is 10.1. The molecule has 1 heterocycles. The van der Waals surface area contributed by atoms with Crippen molar-refractivity contribution in [3.05, 3.63) is 95.3 Å². The smallest absolute Gasteiger partial charge is 0.250 e. The summed E-state index contributed by atoms with van der Waals surface area (Å²) in [5.41, 5.74) is 9.68. The van der Waals surface area contributed by atoms with Gasteiger partial charge in [0.05, 0.1) is 11.1 Å². The molecule has 0 spiro atoms. The van der Waals surface area contributed by atoms with Gasteiger partial charge < -0.3 is 15.5 Å². The Hall–Kier alpha value is -3.60. The number of rotatable bonds is 7. The van der Waals surface area contributed by atoms with Crippen LogP contribution in [0.5, 0.6) is 5.75 Å². The maximum Gasteiger partial charge on any atom is 0.250 e. The Morgan fingerprint density at radius 2 is 1.68 bits per heavy atom. The van der Waals surface area contributed by atoms with E-state index in [9.17, 15) is 4.79 Å². The van der Waals surface area contributed by atoms with Crippen LogP contribution >= 0.6 is 0 Å². The van der Waals surface area contributed by atoms with Crippen LogP contribution in [0.4, 0.5) is 0 Å². The number of fused-ring (bicyclic) bond motifs is 1. The summed E-state index contributed by atoms with van der Waals surface area (Å²) in [4.78, 5) is 19.4. The van der Waals surface area contributed by atoms with Crippen molar-refractivity contribution in [2.45, 2.75) is 19.4 Å². The minimum absolute atomic E-state index is 0.444. The summed E-state index contributed by atoms with van der Waals surface area (Å²) in [7, 11) is 0. The quantitative estimate of drug-likeness (QED) is 0.515. The van der Waals surface area contributed by atoms with Crippen molar-refractivity contribution in [2.24, 2.45) is 5.73 Å². The average Bonchev–Trinajstić information content (AvgIpc) is 3.15.